The molecule has 0 radical (unpaired) electrons. The number of nitrogens with zero attached hydrogens (tertiary/aromatic N) is 1. The summed E-state index contributed by atoms with van der Waals surface area (Å²) in [5, 5.41) is 5.36. The van der Waals surface area contributed by atoms with Gasteiger partial charge in [-0.3, -0.25) is 0 Å². The Kier molecular flexibility index (Phi) is 3.78. The summed E-state index contributed by atoms with van der Waals surface area (Å²) < 4.78 is 8.46. The molecule has 0 fully saturated rings. The van der Waals surface area contributed by atoms with Crippen LogP contribution in [0.2, 0.25) is 0 Å². The van der Waals surface area contributed by atoms with Crippen LogP contribution in [0, 0.1) is 12.8 Å². The quantitative estimate of drug-likeness (QED) is 0.597. The molecule has 0 aliphatic rings. The van der Waals surface area contributed by atoms with Gasteiger partial charge in [0.25, 0.3) is 0 Å². The largest absolute Gasteiger partial charge is 0.493 e. The van der Waals surface area contributed by atoms with Crippen molar-refractivity contribution in [1.29, 1.82) is 0 Å². The van der Waals surface area contributed by atoms with Crippen molar-refractivity contribution in [2.75, 3.05) is 11.9 Å². The Balaban J connectivity index is 2.08. The summed E-state index contributed by atoms with van der Waals surface area (Å²) in [4.78, 5) is 4.63. The van der Waals surface area contributed by atoms with E-state index in [9.17, 15) is 0 Å². The summed E-state index contributed by atoms with van der Waals surface area (Å²) in [6.45, 7) is 4.96. The highest BCUT2D eigenvalue weighted by atomic mass is 79.9. The van der Waals surface area contributed by atoms with Crippen molar-refractivity contribution >= 4 is 58.9 Å². The molecule has 0 aliphatic carbocycles. The van der Waals surface area contributed by atoms with Crippen molar-refractivity contribution in [3.05, 3.63) is 22.5 Å². The molecule has 100 valence electrons. The number of thiophene rings is 1. The highest BCUT2D eigenvalue weighted by molar-refractivity contribution is 9.09. The van der Waals surface area contributed by atoms with E-state index in [0.29, 0.717) is 5.92 Å². The number of fused-ring (bicyclic) bond motifs is 3. The van der Waals surface area contributed by atoms with Crippen LogP contribution in [0.4, 0.5) is 0 Å². The number of halogens is 1. The third-order valence-electron chi connectivity index (χ3n) is 2.96. The maximum Gasteiger partial charge on any atom is 0.129 e. The molecule has 1 aromatic carbocycles. The van der Waals surface area contributed by atoms with E-state index in [4.69, 9.17) is 4.74 Å². The number of hydrogen-bond donors (Lipinski definition) is 0. The summed E-state index contributed by atoms with van der Waals surface area (Å²) in [5.74, 6) is 1.49. The minimum absolute atomic E-state index is 0.507. The average Bonchev–Trinajstić information content (AvgIpc) is 3.00. The normalized spacial score (nSPS) is 13.2. The second kappa shape index (κ2) is 5.38. The minimum Gasteiger partial charge on any atom is -0.493 e. The van der Waals surface area contributed by atoms with Gasteiger partial charge in [0, 0.05) is 16.8 Å². The third kappa shape index (κ3) is 2.51. The standard InChI is InChI=1S/C14H14BrNOS2/c1-8(6-15)7-17-11-5-12-13(16-9(2)19-12)14-10(11)3-4-18-14/h3-5,8H,6-7H2,1-2H3. The molecule has 0 spiro atoms. The summed E-state index contributed by atoms with van der Waals surface area (Å²) in [7, 11) is 0. The minimum atomic E-state index is 0.507. The highest BCUT2D eigenvalue weighted by Crippen LogP contribution is 2.38. The van der Waals surface area contributed by atoms with E-state index >= 15 is 0 Å². The van der Waals surface area contributed by atoms with Crippen LogP contribution in [-0.4, -0.2) is 16.9 Å². The molecule has 0 aliphatic heterocycles. The number of rotatable bonds is 4. The van der Waals surface area contributed by atoms with Gasteiger partial charge < -0.3 is 4.74 Å². The first-order valence-electron chi connectivity index (χ1n) is 6.15. The van der Waals surface area contributed by atoms with Gasteiger partial charge in [0.1, 0.15) is 5.75 Å². The first-order chi connectivity index (χ1) is 9.19. The topological polar surface area (TPSA) is 22.1 Å². The predicted molar refractivity (Wildman–Crippen MR) is 88.2 cm³/mol. The molecule has 2 heterocycles. The summed E-state index contributed by atoms with van der Waals surface area (Å²) >= 11 is 6.96. The van der Waals surface area contributed by atoms with Gasteiger partial charge in [-0.1, -0.05) is 22.9 Å². The molecule has 0 amide bonds. The maximum atomic E-state index is 6.00. The Bertz CT molecular complexity index is 719. The van der Waals surface area contributed by atoms with Gasteiger partial charge in [-0.05, 0) is 24.3 Å². The Morgan fingerprint density at radius 1 is 1.47 bits per heavy atom. The van der Waals surface area contributed by atoms with Crippen LogP contribution in [0.15, 0.2) is 17.5 Å². The molecule has 0 saturated carbocycles. The molecule has 0 bridgehead atoms. The summed E-state index contributed by atoms with van der Waals surface area (Å²) in [6, 6.07) is 4.26. The van der Waals surface area contributed by atoms with Crippen molar-refractivity contribution < 1.29 is 4.74 Å². The van der Waals surface area contributed by atoms with E-state index < -0.39 is 0 Å². The molecule has 1 atom stereocenters. The summed E-state index contributed by atoms with van der Waals surface area (Å²) in [5.41, 5.74) is 1.12. The van der Waals surface area contributed by atoms with Gasteiger partial charge in [-0.15, -0.1) is 22.7 Å². The molecule has 3 rings (SSSR count). The molecule has 5 heteroatoms. The lowest BCUT2D eigenvalue weighted by atomic mass is 10.2. The fourth-order valence-corrected chi connectivity index (χ4v) is 4.00. The zero-order valence-electron chi connectivity index (χ0n) is 10.8. The number of ether oxygens (including phenoxy) is 1. The Hall–Kier alpha value is -0.650. The predicted octanol–water partition coefficient (Wildman–Crippen LogP) is 5.23. The van der Waals surface area contributed by atoms with E-state index in [-0.39, 0.29) is 0 Å². The lowest BCUT2D eigenvalue weighted by molar-refractivity contribution is 0.277. The van der Waals surface area contributed by atoms with Gasteiger partial charge in [-0.25, -0.2) is 4.98 Å². The van der Waals surface area contributed by atoms with E-state index in [2.05, 4.69) is 52.3 Å². The zero-order chi connectivity index (χ0) is 13.4. The second-order valence-corrected chi connectivity index (χ2v) is 7.49. The number of thiazole rings is 1. The molecule has 3 aromatic rings. The molecular weight excluding hydrogens is 342 g/mol. The fourth-order valence-electron chi connectivity index (χ4n) is 1.98. The van der Waals surface area contributed by atoms with Crippen LogP contribution in [0.3, 0.4) is 0 Å². The van der Waals surface area contributed by atoms with Crippen LogP contribution in [0.25, 0.3) is 20.3 Å². The number of aryl methyl sites for hydroxylation is 1. The average molecular weight is 356 g/mol. The molecule has 1 unspecified atom stereocenters. The number of benzene rings is 1. The number of aromatic nitrogens is 1. The number of hydrogen-bond acceptors (Lipinski definition) is 4. The van der Waals surface area contributed by atoms with Crippen molar-refractivity contribution in [2.45, 2.75) is 13.8 Å². The Morgan fingerprint density at radius 3 is 3.11 bits per heavy atom. The van der Waals surface area contributed by atoms with Crippen LogP contribution in [0.1, 0.15) is 11.9 Å². The first kappa shape index (κ1) is 13.3. The van der Waals surface area contributed by atoms with Crippen LogP contribution >= 0.6 is 38.6 Å². The van der Waals surface area contributed by atoms with Gasteiger partial charge in [0.2, 0.25) is 0 Å². The maximum absolute atomic E-state index is 6.00. The van der Waals surface area contributed by atoms with Crippen molar-refractivity contribution in [2.24, 2.45) is 5.92 Å². The van der Waals surface area contributed by atoms with E-state index in [1.54, 1.807) is 22.7 Å². The zero-order valence-corrected chi connectivity index (χ0v) is 14.0. The Labute approximate surface area is 128 Å². The van der Waals surface area contributed by atoms with Gasteiger partial charge in [-0.2, -0.15) is 0 Å². The molecule has 0 saturated heterocycles. The lowest BCUT2D eigenvalue weighted by Crippen LogP contribution is -2.09. The molecule has 2 aromatic heterocycles. The monoisotopic (exact) mass is 355 g/mol. The molecule has 19 heavy (non-hydrogen) atoms. The van der Waals surface area contributed by atoms with E-state index in [1.807, 2.05) is 0 Å². The van der Waals surface area contributed by atoms with Gasteiger partial charge in [0.05, 0.1) is 26.5 Å². The van der Waals surface area contributed by atoms with Crippen molar-refractivity contribution in [1.82, 2.24) is 4.98 Å². The van der Waals surface area contributed by atoms with Crippen molar-refractivity contribution in [3.63, 3.8) is 0 Å². The second-order valence-electron chi connectivity index (χ2n) is 4.69. The Morgan fingerprint density at radius 2 is 2.32 bits per heavy atom. The molecule has 2 nitrogen and oxygen atoms in total. The third-order valence-corrected chi connectivity index (χ3v) is 5.90. The van der Waals surface area contributed by atoms with E-state index in [0.717, 1.165) is 28.2 Å². The molecule has 0 N–H and O–H groups in total. The first-order valence-corrected chi connectivity index (χ1v) is 8.97. The highest BCUT2D eigenvalue weighted by Gasteiger charge is 2.13. The lowest BCUT2D eigenvalue weighted by Gasteiger charge is -2.11. The van der Waals surface area contributed by atoms with Gasteiger partial charge >= 0.3 is 0 Å². The van der Waals surface area contributed by atoms with Crippen molar-refractivity contribution in [3.8, 4) is 5.75 Å². The number of alkyl halides is 1. The fraction of sp³-hybridized carbons (Fsp3) is 0.357. The SMILES string of the molecule is Cc1nc2c(cc(OCC(C)CBr)c3ccsc32)s1. The smallest absolute Gasteiger partial charge is 0.129 e. The van der Waals surface area contributed by atoms with Crippen LogP contribution in [0.5, 0.6) is 5.75 Å². The summed E-state index contributed by atoms with van der Waals surface area (Å²) in [6.07, 6.45) is 0. The molecular formula is C14H14BrNOS2. The van der Waals surface area contributed by atoms with Crippen LogP contribution in [-0.2, 0) is 0 Å². The van der Waals surface area contributed by atoms with Gasteiger partial charge in [0.15, 0.2) is 0 Å². The van der Waals surface area contributed by atoms with E-state index in [1.165, 1.54) is 14.8 Å². The van der Waals surface area contributed by atoms with Crippen LogP contribution < -0.4 is 4.74 Å².